The third-order valence-electron chi connectivity index (χ3n) is 2.95. The molecule has 1 aromatic rings. The molecule has 1 N–H and O–H groups in total. The van der Waals surface area contributed by atoms with Crippen LogP contribution in [0.3, 0.4) is 0 Å². The molecule has 2 rings (SSSR count). The number of hydrogen-bond acceptors (Lipinski definition) is 4. The van der Waals surface area contributed by atoms with Gasteiger partial charge in [0.05, 0.1) is 11.2 Å². The van der Waals surface area contributed by atoms with Crippen molar-refractivity contribution < 1.29 is 4.79 Å². The van der Waals surface area contributed by atoms with Gasteiger partial charge in [-0.15, -0.1) is 23.7 Å². The number of rotatable bonds is 4. The van der Waals surface area contributed by atoms with Crippen LogP contribution in [-0.2, 0) is 11.2 Å². The summed E-state index contributed by atoms with van der Waals surface area (Å²) in [6, 6.07) is -0.137. The fraction of sp³-hybridized carbons (Fsp3) is 0.500. The Morgan fingerprint density at radius 1 is 1.67 bits per heavy atom. The van der Waals surface area contributed by atoms with Gasteiger partial charge < -0.3 is 4.90 Å². The third kappa shape index (κ3) is 3.54. The number of nitrogens with one attached hydrogen (secondary N) is 1. The summed E-state index contributed by atoms with van der Waals surface area (Å²) in [5.74, 6) is 0.140. The number of nitrogens with zero attached hydrogens (tertiary/aromatic N) is 2. The molecule has 18 heavy (non-hydrogen) atoms. The lowest BCUT2D eigenvalue weighted by atomic mass is 10.2. The number of aromatic nitrogens is 1. The highest BCUT2D eigenvalue weighted by atomic mass is 35.5. The number of amides is 1. The van der Waals surface area contributed by atoms with Crippen molar-refractivity contribution in [1.82, 2.24) is 15.2 Å². The summed E-state index contributed by atoms with van der Waals surface area (Å²) >= 11 is 1.66. The largest absolute Gasteiger partial charge is 0.344 e. The summed E-state index contributed by atoms with van der Waals surface area (Å²) in [6.45, 7) is 3.54. The van der Waals surface area contributed by atoms with Crippen molar-refractivity contribution in [2.75, 3.05) is 20.1 Å². The van der Waals surface area contributed by atoms with Gasteiger partial charge in [-0.25, -0.2) is 4.98 Å². The molecule has 6 heteroatoms. The molecule has 1 unspecified atom stereocenters. The minimum absolute atomic E-state index is 0. The Labute approximate surface area is 118 Å². The number of aryl methyl sites for hydroxylation is 1. The lowest BCUT2D eigenvalue weighted by Crippen LogP contribution is -2.42. The van der Waals surface area contributed by atoms with Crippen molar-refractivity contribution in [1.29, 1.82) is 0 Å². The van der Waals surface area contributed by atoms with E-state index in [2.05, 4.69) is 10.3 Å². The van der Waals surface area contributed by atoms with E-state index in [0.717, 1.165) is 25.2 Å². The van der Waals surface area contributed by atoms with Gasteiger partial charge in [-0.2, -0.15) is 0 Å². The zero-order chi connectivity index (χ0) is 12.3. The highest BCUT2D eigenvalue weighted by Crippen LogP contribution is 2.13. The molecule has 100 valence electrons. The highest BCUT2D eigenvalue weighted by molar-refractivity contribution is 7.09. The fourth-order valence-corrected chi connectivity index (χ4v) is 2.59. The van der Waals surface area contributed by atoms with Crippen LogP contribution in [0.4, 0.5) is 0 Å². The summed E-state index contributed by atoms with van der Waals surface area (Å²) in [5, 5.41) is 3.13. The van der Waals surface area contributed by atoms with Gasteiger partial charge in [0.15, 0.2) is 0 Å². The molecule has 1 aromatic heterocycles. The van der Waals surface area contributed by atoms with Crippen molar-refractivity contribution in [3.05, 3.63) is 28.2 Å². The number of halogens is 1. The van der Waals surface area contributed by atoms with E-state index in [-0.39, 0.29) is 24.4 Å². The van der Waals surface area contributed by atoms with Crippen LogP contribution in [-0.4, -0.2) is 42.0 Å². The Kier molecular flexibility index (Phi) is 5.78. The average Bonchev–Trinajstić information content (AvgIpc) is 2.96. The molecule has 1 aliphatic heterocycles. The molecule has 0 aromatic carbocycles. The van der Waals surface area contributed by atoms with E-state index in [0.29, 0.717) is 0 Å². The van der Waals surface area contributed by atoms with Crippen molar-refractivity contribution >= 4 is 29.7 Å². The van der Waals surface area contributed by atoms with Gasteiger partial charge in [-0.05, 0) is 6.92 Å². The number of hydrogen-bond donors (Lipinski definition) is 1. The highest BCUT2D eigenvalue weighted by Gasteiger charge is 2.21. The zero-order valence-corrected chi connectivity index (χ0v) is 12.2. The summed E-state index contributed by atoms with van der Waals surface area (Å²) in [4.78, 5) is 19.2. The van der Waals surface area contributed by atoms with Crippen LogP contribution in [0.25, 0.3) is 0 Å². The van der Waals surface area contributed by atoms with Crippen LogP contribution >= 0.6 is 23.7 Å². The Morgan fingerprint density at radius 3 is 3.00 bits per heavy atom. The molecular weight excluding hydrogens is 270 g/mol. The van der Waals surface area contributed by atoms with Crippen LogP contribution < -0.4 is 5.32 Å². The van der Waals surface area contributed by atoms with Crippen LogP contribution in [0, 0.1) is 6.92 Å². The van der Waals surface area contributed by atoms with Crippen LogP contribution in [0.5, 0.6) is 0 Å². The van der Waals surface area contributed by atoms with E-state index in [9.17, 15) is 4.79 Å². The van der Waals surface area contributed by atoms with Gasteiger partial charge in [0, 0.05) is 31.4 Å². The molecule has 4 nitrogen and oxygen atoms in total. The predicted octanol–water partition coefficient (Wildman–Crippen LogP) is 1.40. The molecule has 2 heterocycles. The molecule has 0 radical (unpaired) electrons. The lowest BCUT2D eigenvalue weighted by Gasteiger charge is -2.20. The SMILES string of the molecule is Cc1ncsc1CCN(C)C(=O)C1C=CCN1.Cl. The van der Waals surface area contributed by atoms with Crippen molar-refractivity contribution in [2.45, 2.75) is 19.4 Å². The van der Waals surface area contributed by atoms with Gasteiger partial charge in [0.25, 0.3) is 0 Å². The van der Waals surface area contributed by atoms with E-state index in [1.807, 2.05) is 31.6 Å². The summed E-state index contributed by atoms with van der Waals surface area (Å²) < 4.78 is 0. The normalized spacial score (nSPS) is 17.6. The molecule has 1 aliphatic rings. The maximum absolute atomic E-state index is 12.0. The second-order valence-electron chi connectivity index (χ2n) is 4.18. The summed E-state index contributed by atoms with van der Waals surface area (Å²) in [6.07, 6.45) is 4.80. The topological polar surface area (TPSA) is 45.2 Å². The standard InChI is InChI=1S/C12H17N3OS.ClH/c1-9-11(17-8-14-9)5-7-15(2)12(16)10-4-3-6-13-10;/h3-4,8,10,13H,5-7H2,1-2H3;1H. The molecule has 0 spiro atoms. The molecule has 0 bridgehead atoms. The summed E-state index contributed by atoms with van der Waals surface area (Å²) in [5.41, 5.74) is 2.93. The average molecular weight is 288 g/mol. The monoisotopic (exact) mass is 287 g/mol. The van der Waals surface area contributed by atoms with E-state index in [4.69, 9.17) is 0 Å². The van der Waals surface area contributed by atoms with Crippen LogP contribution in [0.15, 0.2) is 17.7 Å². The predicted molar refractivity (Wildman–Crippen MR) is 76.4 cm³/mol. The van der Waals surface area contributed by atoms with E-state index in [1.54, 1.807) is 16.2 Å². The number of carbonyl (C=O) groups is 1. The minimum atomic E-state index is -0.137. The first-order valence-corrected chi connectivity index (χ1v) is 6.60. The van der Waals surface area contributed by atoms with Crippen LogP contribution in [0.1, 0.15) is 10.6 Å². The van der Waals surface area contributed by atoms with E-state index < -0.39 is 0 Å². The Morgan fingerprint density at radius 2 is 2.44 bits per heavy atom. The first kappa shape index (κ1) is 15.1. The number of carbonyl (C=O) groups excluding carboxylic acids is 1. The first-order chi connectivity index (χ1) is 8.18. The molecule has 1 amide bonds. The molecule has 0 fully saturated rings. The smallest absolute Gasteiger partial charge is 0.243 e. The van der Waals surface area contributed by atoms with Crippen molar-refractivity contribution in [3.8, 4) is 0 Å². The fourth-order valence-electron chi connectivity index (χ4n) is 1.82. The van der Waals surface area contributed by atoms with Crippen LogP contribution in [0.2, 0.25) is 0 Å². The second-order valence-corrected chi connectivity index (χ2v) is 5.12. The van der Waals surface area contributed by atoms with Crippen molar-refractivity contribution in [3.63, 3.8) is 0 Å². The minimum Gasteiger partial charge on any atom is -0.344 e. The number of likely N-dealkylation sites (N-methyl/N-ethyl adjacent to an activating group) is 1. The molecule has 0 aliphatic carbocycles. The quantitative estimate of drug-likeness (QED) is 0.852. The molecule has 1 atom stereocenters. The first-order valence-electron chi connectivity index (χ1n) is 5.72. The zero-order valence-electron chi connectivity index (χ0n) is 10.5. The summed E-state index contributed by atoms with van der Waals surface area (Å²) in [7, 11) is 1.85. The van der Waals surface area contributed by atoms with Gasteiger partial charge >= 0.3 is 0 Å². The van der Waals surface area contributed by atoms with Gasteiger partial charge in [0.1, 0.15) is 6.04 Å². The Bertz CT molecular complexity index is 433. The molecular formula is C12H18ClN3OS. The van der Waals surface area contributed by atoms with Gasteiger partial charge in [-0.1, -0.05) is 12.2 Å². The Balaban J connectivity index is 0.00000162. The lowest BCUT2D eigenvalue weighted by molar-refractivity contribution is -0.130. The maximum Gasteiger partial charge on any atom is 0.243 e. The molecule has 0 saturated carbocycles. The Hall–Kier alpha value is -0.910. The van der Waals surface area contributed by atoms with Gasteiger partial charge in [0.2, 0.25) is 5.91 Å². The van der Waals surface area contributed by atoms with E-state index >= 15 is 0 Å². The number of thiazole rings is 1. The maximum atomic E-state index is 12.0. The van der Waals surface area contributed by atoms with E-state index in [1.165, 1.54) is 4.88 Å². The second kappa shape index (κ2) is 6.87. The van der Waals surface area contributed by atoms with Gasteiger partial charge in [-0.3, -0.25) is 10.1 Å². The third-order valence-corrected chi connectivity index (χ3v) is 3.94. The van der Waals surface area contributed by atoms with Crippen molar-refractivity contribution in [2.24, 2.45) is 0 Å². The molecule has 0 saturated heterocycles.